The van der Waals surface area contributed by atoms with Gasteiger partial charge in [0, 0.05) is 28.5 Å². The standard InChI is InChI=1S/C23H19ClN4O3S/c24-16-5-2-1-4-15(16)12-32-23-26-22-25-17-6-3-7-18(29)19(17)20(28(22)27-23)13-8-10-14(11-9-13)21(30)31/h1-2,4-5,8-11,20H,3,6-7,12H2,(H,30,31)(H,25,26,27). The monoisotopic (exact) mass is 466 g/mol. The van der Waals surface area contributed by atoms with Crippen LogP contribution in [-0.2, 0) is 10.5 Å². The summed E-state index contributed by atoms with van der Waals surface area (Å²) in [7, 11) is 0. The number of thioether (sulfide) groups is 1. The average molecular weight is 467 g/mol. The lowest BCUT2D eigenvalue weighted by molar-refractivity contribution is -0.116. The third-order valence-electron chi connectivity index (χ3n) is 5.64. The average Bonchev–Trinajstić information content (AvgIpc) is 3.20. The first-order valence-electron chi connectivity index (χ1n) is 10.2. The van der Waals surface area contributed by atoms with Crippen molar-refractivity contribution < 1.29 is 14.7 Å². The van der Waals surface area contributed by atoms with Gasteiger partial charge in [-0.3, -0.25) is 4.79 Å². The fraction of sp³-hybridized carbons (Fsp3) is 0.217. The number of aromatic carboxylic acids is 1. The number of carbonyl (C=O) groups is 2. The number of carboxylic acid groups (broad SMARTS) is 1. The molecule has 1 atom stereocenters. The topological polar surface area (TPSA) is 97.1 Å². The number of fused-ring (bicyclic) bond motifs is 1. The van der Waals surface area contributed by atoms with E-state index in [2.05, 4.69) is 10.3 Å². The molecule has 1 aliphatic carbocycles. The number of benzene rings is 2. The number of anilines is 1. The Kier molecular flexibility index (Phi) is 5.48. The minimum atomic E-state index is -0.991. The Morgan fingerprint density at radius 3 is 2.72 bits per heavy atom. The van der Waals surface area contributed by atoms with Crippen LogP contribution in [0.1, 0.15) is 46.8 Å². The Balaban J connectivity index is 1.51. The Bertz CT molecular complexity index is 1250. The van der Waals surface area contributed by atoms with Gasteiger partial charge in [0.2, 0.25) is 11.1 Å². The summed E-state index contributed by atoms with van der Waals surface area (Å²) in [6.07, 6.45) is 2.04. The first-order valence-corrected chi connectivity index (χ1v) is 11.6. The molecule has 3 aromatic rings. The molecular formula is C23H19ClN4O3S. The van der Waals surface area contributed by atoms with E-state index < -0.39 is 12.0 Å². The van der Waals surface area contributed by atoms with Crippen molar-refractivity contribution >= 4 is 41.1 Å². The van der Waals surface area contributed by atoms with Crippen molar-refractivity contribution in [3.63, 3.8) is 0 Å². The summed E-state index contributed by atoms with van der Waals surface area (Å²) in [6, 6.07) is 13.8. The van der Waals surface area contributed by atoms with Crippen LogP contribution < -0.4 is 5.32 Å². The third kappa shape index (κ3) is 3.80. The molecule has 2 heterocycles. The minimum absolute atomic E-state index is 0.0810. The molecule has 7 nitrogen and oxygen atoms in total. The zero-order valence-electron chi connectivity index (χ0n) is 16.9. The van der Waals surface area contributed by atoms with Crippen LogP contribution in [0.5, 0.6) is 0 Å². The number of aromatic nitrogens is 3. The number of carboxylic acids is 1. The summed E-state index contributed by atoms with van der Waals surface area (Å²) in [5.41, 5.74) is 3.54. The van der Waals surface area contributed by atoms with Crippen LogP contribution in [0.3, 0.4) is 0 Å². The second kappa shape index (κ2) is 8.44. The van der Waals surface area contributed by atoms with E-state index in [1.54, 1.807) is 28.9 Å². The molecule has 1 unspecified atom stereocenters. The Hall–Kier alpha value is -3.10. The second-order valence-electron chi connectivity index (χ2n) is 7.67. The van der Waals surface area contributed by atoms with Crippen LogP contribution in [0.15, 0.2) is 65.0 Å². The van der Waals surface area contributed by atoms with Crippen LogP contribution in [0.4, 0.5) is 5.95 Å². The second-order valence-corrected chi connectivity index (χ2v) is 9.02. The van der Waals surface area contributed by atoms with Gasteiger partial charge in [0.15, 0.2) is 5.78 Å². The zero-order valence-corrected chi connectivity index (χ0v) is 18.5. The molecule has 5 rings (SSSR count). The number of hydrogen-bond acceptors (Lipinski definition) is 6. The van der Waals surface area contributed by atoms with Gasteiger partial charge >= 0.3 is 5.97 Å². The van der Waals surface area contributed by atoms with Crippen molar-refractivity contribution in [2.75, 3.05) is 5.32 Å². The van der Waals surface area contributed by atoms with Gasteiger partial charge in [0.05, 0.1) is 5.56 Å². The highest BCUT2D eigenvalue weighted by Gasteiger charge is 2.36. The Morgan fingerprint density at radius 2 is 1.97 bits per heavy atom. The van der Waals surface area contributed by atoms with Crippen LogP contribution in [0, 0.1) is 0 Å². The number of rotatable bonds is 5. The molecule has 1 aromatic heterocycles. The summed E-state index contributed by atoms with van der Waals surface area (Å²) in [5, 5.41) is 18.5. The molecule has 2 aliphatic rings. The van der Waals surface area contributed by atoms with Gasteiger partial charge in [-0.2, -0.15) is 4.98 Å². The Morgan fingerprint density at radius 1 is 1.19 bits per heavy atom. The SMILES string of the molecule is O=C1CCCC2=C1C(c1ccc(C(=O)O)cc1)n1nc(SCc3ccccc3Cl)nc1N2. The highest BCUT2D eigenvalue weighted by Crippen LogP contribution is 2.40. The van der Waals surface area contributed by atoms with Gasteiger partial charge in [0.1, 0.15) is 6.04 Å². The van der Waals surface area contributed by atoms with E-state index in [1.807, 2.05) is 24.3 Å². The smallest absolute Gasteiger partial charge is 0.335 e. The molecule has 0 bridgehead atoms. The number of allylic oxidation sites excluding steroid dienone is 2. The number of hydrogen-bond donors (Lipinski definition) is 2. The fourth-order valence-electron chi connectivity index (χ4n) is 4.07. The molecule has 32 heavy (non-hydrogen) atoms. The summed E-state index contributed by atoms with van der Waals surface area (Å²) in [5.74, 6) is 0.285. The molecule has 0 amide bonds. The van der Waals surface area contributed by atoms with Crippen molar-refractivity contribution in [1.82, 2.24) is 14.8 Å². The highest BCUT2D eigenvalue weighted by molar-refractivity contribution is 7.98. The highest BCUT2D eigenvalue weighted by atomic mass is 35.5. The van der Waals surface area contributed by atoms with E-state index in [0.717, 1.165) is 29.7 Å². The molecule has 9 heteroatoms. The van der Waals surface area contributed by atoms with Gasteiger partial charge in [-0.05, 0) is 42.2 Å². The van der Waals surface area contributed by atoms with Crippen LogP contribution in [-0.4, -0.2) is 31.6 Å². The van der Waals surface area contributed by atoms with Gasteiger partial charge in [-0.15, -0.1) is 5.10 Å². The van der Waals surface area contributed by atoms with E-state index in [9.17, 15) is 14.7 Å². The van der Waals surface area contributed by atoms with Crippen molar-refractivity contribution in [1.29, 1.82) is 0 Å². The van der Waals surface area contributed by atoms with E-state index in [4.69, 9.17) is 16.7 Å². The van der Waals surface area contributed by atoms with Gasteiger partial charge < -0.3 is 10.4 Å². The van der Waals surface area contributed by atoms with Crippen molar-refractivity contribution in [2.45, 2.75) is 36.2 Å². The van der Waals surface area contributed by atoms with Crippen LogP contribution in [0.25, 0.3) is 0 Å². The van der Waals surface area contributed by atoms with Crippen molar-refractivity contribution in [3.8, 4) is 0 Å². The maximum atomic E-state index is 12.9. The number of Topliss-reactive ketones (excluding diaryl/α,β-unsaturated/α-hetero) is 1. The first-order chi connectivity index (χ1) is 15.5. The number of nitrogens with one attached hydrogen (secondary N) is 1. The fourth-order valence-corrected chi connectivity index (χ4v) is 5.19. The van der Waals surface area contributed by atoms with E-state index in [-0.39, 0.29) is 11.3 Å². The van der Waals surface area contributed by atoms with Gasteiger partial charge in [-0.25, -0.2) is 9.48 Å². The first kappa shape index (κ1) is 20.8. The predicted octanol–water partition coefficient (Wildman–Crippen LogP) is 4.94. The molecule has 0 radical (unpaired) electrons. The number of halogens is 1. The minimum Gasteiger partial charge on any atom is -0.478 e. The molecule has 2 aromatic carbocycles. The third-order valence-corrected chi connectivity index (χ3v) is 6.89. The van der Waals surface area contributed by atoms with E-state index in [0.29, 0.717) is 33.9 Å². The predicted molar refractivity (Wildman–Crippen MR) is 122 cm³/mol. The lowest BCUT2D eigenvalue weighted by Crippen LogP contribution is -2.31. The lowest BCUT2D eigenvalue weighted by atomic mass is 9.85. The van der Waals surface area contributed by atoms with E-state index >= 15 is 0 Å². The van der Waals surface area contributed by atoms with Gasteiger partial charge in [0.25, 0.3) is 0 Å². The summed E-state index contributed by atoms with van der Waals surface area (Å²) in [4.78, 5) is 28.8. The van der Waals surface area contributed by atoms with Crippen LogP contribution >= 0.6 is 23.4 Å². The normalized spacial score (nSPS) is 17.5. The van der Waals surface area contributed by atoms with Gasteiger partial charge in [-0.1, -0.05) is 53.7 Å². The summed E-state index contributed by atoms with van der Waals surface area (Å²) < 4.78 is 1.73. The maximum absolute atomic E-state index is 12.9. The summed E-state index contributed by atoms with van der Waals surface area (Å²) >= 11 is 7.74. The number of ketones is 1. The molecule has 162 valence electrons. The molecule has 2 N–H and O–H groups in total. The van der Waals surface area contributed by atoms with Crippen LogP contribution in [0.2, 0.25) is 5.02 Å². The van der Waals surface area contributed by atoms with Crippen molar-refractivity contribution in [2.24, 2.45) is 0 Å². The molecule has 0 saturated carbocycles. The molecule has 0 saturated heterocycles. The molecule has 1 aliphatic heterocycles. The molecular weight excluding hydrogens is 448 g/mol. The Labute approximate surface area is 193 Å². The number of carbonyl (C=O) groups excluding carboxylic acids is 1. The lowest BCUT2D eigenvalue weighted by Gasteiger charge is -2.32. The maximum Gasteiger partial charge on any atom is 0.335 e. The molecule has 0 spiro atoms. The van der Waals surface area contributed by atoms with Crippen molar-refractivity contribution in [3.05, 3.63) is 81.5 Å². The largest absolute Gasteiger partial charge is 0.478 e. The summed E-state index contributed by atoms with van der Waals surface area (Å²) in [6.45, 7) is 0. The molecule has 0 fully saturated rings. The number of nitrogens with zero attached hydrogens (tertiary/aromatic N) is 3. The zero-order chi connectivity index (χ0) is 22.2. The van der Waals surface area contributed by atoms with E-state index in [1.165, 1.54) is 11.8 Å². The quantitative estimate of drug-likeness (QED) is 0.514.